The molecule has 0 radical (unpaired) electrons. The molecule has 2 aromatic heterocycles. The Labute approximate surface area is 94.0 Å². The molecule has 0 aliphatic heterocycles. The molecule has 0 aliphatic carbocycles. The second-order valence-corrected chi connectivity index (χ2v) is 3.87. The Morgan fingerprint density at radius 2 is 2.19 bits per heavy atom. The molecule has 0 atom stereocenters. The summed E-state index contributed by atoms with van der Waals surface area (Å²) < 4.78 is 5.23. The van der Waals surface area contributed by atoms with Crippen LogP contribution in [0.15, 0.2) is 22.9 Å². The van der Waals surface area contributed by atoms with Gasteiger partial charge in [-0.05, 0) is 25.0 Å². The molecule has 0 spiro atoms. The zero-order chi connectivity index (χ0) is 11.6. The normalized spacial score (nSPS) is 11.9. The molecule has 3 N–H and O–H groups in total. The molecule has 0 fully saturated rings. The first-order valence-corrected chi connectivity index (χ1v) is 5.46. The SMILES string of the molecule is CCC(N)(CC)c1nc(-c2ccc[nH]2)no1. The van der Waals surface area contributed by atoms with Crippen LogP contribution in [0, 0.1) is 0 Å². The van der Waals surface area contributed by atoms with Crippen LogP contribution in [0.1, 0.15) is 32.6 Å². The average Bonchev–Trinajstić information content (AvgIpc) is 2.97. The van der Waals surface area contributed by atoms with Gasteiger partial charge in [-0.1, -0.05) is 19.0 Å². The standard InChI is InChI=1S/C11H16N4O/c1-3-11(12,4-2)10-14-9(15-16-10)8-6-5-7-13-8/h5-7,13H,3-4,12H2,1-2H3. The molecular weight excluding hydrogens is 204 g/mol. The minimum Gasteiger partial charge on any atom is -0.359 e. The Morgan fingerprint density at radius 3 is 2.75 bits per heavy atom. The number of aromatic amines is 1. The maximum atomic E-state index is 6.18. The Balaban J connectivity index is 2.33. The molecule has 0 aliphatic rings. The van der Waals surface area contributed by atoms with Crippen LogP contribution in [0.2, 0.25) is 0 Å². The van der Waals surface area contributed by atoms with E-state index < -0.39 is 5.54 Å². The van der Waals surface area contributed by atoms with E-state index in [9.17, 15) is 0 Å². The quantitative estimate of drug-likeness (QED) is 0.826. The lowest BCUT2D eigenvalue weighted by Crippen LogP contribution is -2.35. The fourth-order valence-corrected chi connectivity index (χ4v) is 1.56. The molecular formula is C11H16N4O. The number of nitrogens with one attached hydrogen (secondary N) is 1. The molecule has 5 heteroatoms. The van der Waals surface area contributed by atoms with E-state index in [1.54, 1.807) is 0 Å². The molecule has 2 heterocycles. The van der Waals surface area contributed by atoms with Crippen molar-refractivity contribution in [2.75, 3.05) is 0 Å². The van der Waals surface area contributed by atoms with Crippen molar-refractivity contribution in [2.24, 2.45) is 5.73 Å². The van der Waals surface area contributed by atoms with Crippen LogP contribution in [-0.2, 0) is 5.54 Å². The van der Waals surface area contributed by atoms with Gasteiger partial charge in [0.2, 0.25) is 11.7 Å². The predicted molar refractivity (Wildman–Crippen MR) is 60.5 cm³/mol. The van der Waals surface area contributed by atoms with Crippen LogP contribution in [-0.4, -0.2) is 15.1 Å². The Morgan fingerprint density at radius 1 is 1.44 bits per heavy atom. The first-order chi connectivity index (χ1) is 7.69. The third-order valence-corrected chi connectivity index (χ3v) is 2.95. The van der Waals surface area contributed by atoms with Crippen LogP contribution in [0.5, 0.6) is 0 Å². The van der Waals surface area contributed by atoms with E-state index in [1.165, 1.54) is 0 Å². The van der Waals surface area contributed by atoms with Crippen LogP contribution in [0.3, 0.4) is 0 Å². The summed E-state index contributed by atoms with van der Waals surface area (Å²) in [6.45, 7) is 4.03. The summed E-state index contributed by atoms with van der Waals surface area (Å²) in [4.78, 5) is 7.36. The third kappa shape index (κ3) is 1.74. The first kappa shape index (κ1) is 10.9. The van der Waals surface area contributed by atoms with E-state index in [0.717, 1.165) is 18.5 Å². The van der Waals surface area contributed by atoms with E-state index in [0.29, 0.717) is 11.7 Å². The van der Waals surface area contributed by atoms with Crippen LogP contribution in [0.25, 0.3) is 11.5 Å². The van der Waals surface area contributed by atoms with Crippen molar-refractivity contribution in [2.45, 2.75) is 32.2 Å². The summed E-state index contributed by atoms with van der Waals surface area (Å²) in [6, 6.07) is 3.78. The van der Waals surface area contributed by atoms with Crippen LogP contribution in [0.4, 0.5) is 0 Å². The zero-order valence-electron chi connectivity index (χ0n) is 9.53. The van der Waals surface area contributed by atoms with Gasteiger partial charge < -0.3 is 15.2 Å². The van der Waals surface area contributed by atoms with Crippen molar-refractivity contribution in [1.82, 2.24) is 15.1 Å². The van der Waals surface area contributed by atoms with Crippen molar-refractivity contribution in [3.63, 3.8) is 0 Å². The van der Waals surface area contributed by atoms with Gasteiger partial charge in [0.05, 0.1) is 11.2 Å². The molecule has 0 aromatic carbocycles. The fourth-order valence-electron chi connectivity index (χ4n) is 1.56. The summed E-state index contributed by atoms with van der Waals surface area (Å²) in [7, 11) is 0. The number of rotatable bonds is 4. The molecule has 0 bridgehead atoms. The second-order valence-electron chi connectivity index (χ2n) is 3.87. The number of nitrogens with two attached hydrogens (primary N) is 1. The number of nitrogens with zero attached hydrogens (tertiary/aromatic N) is 2. The largest absolute Gasteiger partial charge is 0.359 e. The van der Waals surface area contributed by atoms with Crippen molar-refractivity contribution < 1.29 is 4.52 Å². The molecule has 0 saturated heterocycles. The third-order valence-electron chi connectivity index (χ3n) is 2.95. The van der Waals surface area contributed by atoms with Gasteiger partial charge >= 0.3 is 0 Å². The molecule has 2 rings (SSSR count). The van der Waals surface area contributed by atoms with E-state index in [4.69, 9.17) is 10.3 Å². The maximum Gasteiger partial charge on any atom is 0.247 e. The van der Waals surface area contributed by atoms with Crippen LogP contribution >= 0.6 is 0 Å². The van der Waals surface area contributed by atoms with Gasteiger partial charge in [0.15, 0.2) is 0 Å². The molecule has 0 saturated carbocycles. The smallest absolute Gasteiger partial charge is 0.247 e. The highest BCUT2D eigenvalue weighted by Gasteiger charge is 2.30. The summed E-state index contributed by atoms with van der Waals surface area (Å²) >= 11 is 0. The van der Waals surface area contributed by atoms with Gasteiger partial charge in [-0.15, -0.1) is 0 Å². The van der Waals surface area contributed by atoms with E-state index in [1.807, 2.05) is 32.2 Å². The topological polar surface area (TPSA) is 80.7 Å². The minimum absolute atomic E-state index is 0.502. The maximum absolute atomic E-state index is 6.18. The second kappa shape index (κ2) is 4.09. The van der Waals surface area contributed by atoms with E-state index >= 15 is 0 Å². The summed E-state index contributed by atoms with van der Waals surface area (Å²) in [5.74, 6) is 1.05. The highest BCUT2D eigenvalue weighted by Crippen LogP contribution is 2.25. The number of H-pyrrole nitrogens is 1. The summed E-state index contributed by atoms with van der Waals surface area (Å²) in [6.07, 6.45) is 3.37. The monoisotopic (exact) mass is 220 g/mol. The molecule has 5 nitrogen and oxygen atoms in total. The van der Waals surface area contributed by atoms with Crippen molar-refractivity contribution in [3.05, 3.63) is 24.2 Å². The minimum atomic E-state index is -0.516. The number of hydrogen-bond donors (Lipinski definition) is 2. The van der Waals surface area contributed by atoms with Gasteiger partial charge in [0.25, 0.3) is 0 Å². The lowest BCUT2D eigenvalue weighted by atomic mass is 9.94. The number of hydrogen-bond acceptors (Lipinski definition) is 4. The number of aromatic nitrogens is 3. The van der Waals surface area contributed by atoms with Crippen LogP contribution < -0.4 is 5.73 Å². The highest BCUT2D eigenvalue weighted by atomic mass is 16.5. The van der Waals surface area contributed by atoms with E-state index in [2.05, 4.69) is 15.1 Å². The Hall–Kier alpha value is -1.62. The fraction of sp³-hybridized carbons (Fsp3) is 0.455. The summed E-state index contributed by atoms with van der Waals surface area (Å²) in [5.41, 5.74) is 6.50. The Bertz CT molecular complexity index is 442. The van der Waals surface area contributed by atoms with Gasteiger partial charge in [0, 0.05) is 6.20 Å². The molecule has 86 valence electrons. The van der Waals surface area contributed by atoms with Crippen molar-refractivity contribution >= 4 is 0 Å². The highest BCUT2D eigenvalue weighted by molar-refractivity contribution is 5.47. The lowest BCUT2D eigenvalue weighted by Gasteiger charge is -2.20. The molecule has 16 heavy (non-hydrogen) atoms. The predicted octanol–water partition coefficient (Wildman–Crippen LogP) is 2.04. The molecule has 0 unspecified atom stereocenters. The average molecular weight is 220 g/mol. The Kier molecular flexibility index (Phi) is 2.78. The van der Waals surface area contributed by atoms with Crippen molar-refractivity contribution in [3.8, 4) is 11.5 Å². The van der Waals surface area contributed by atoms with Gasteiger partial charge in [-0.2, -0.15) is 4.98 Å². The first-order valence-electron chi connectivity index (χ1n) is 5.46. The lowest BCUT2D eigenvalue weighted by molar-refractivity contribution is 0.268. The van der Waals surface area contributed by atoms with Gasteiger partial charge in [0.1, 0.15) is 0 Å². The van der Waals surface area contributed by atoms with E-state index in [-0.39, 0.29) is 0 Å². The van der Waals surface area contributed by atoms with Gasteiger partial charge in [-0.3, -0.25) is 0 Å². The van der Waals surface area contributed by atoms with Gasteiger partial charge in [-0.25, -0.2) is 0 Å². The molecule has 2 aromatic rings. The summed E-state index contributed by atoms with van der Waals surface area (Å²) in [5, 5.41) is 3.92. The zero-order valence-corrected chi connectivity index (χ0v) is 9.53. The molecule has 0 amide bonds. The van der Waals surface area contributed by atoms with Crippen molar-refractivity contribution in [1.29, 1.82) is 0 Å².